The van der Waals surface area contributed by atoms with Gasteiger partial charge in [0.05, 0.1) is 6.07 Å². The number of rotatable bonds is 10. The third-order valence-electron chi connectivity index (χ3n) is 3.19. The summed E-state index contributed by atoms with van der Waals surface area (Å²) >= 11 is 0. The van der Waals surface area contributed by atoms with Crippen LogP contribution in [0.2, 0.25) is 0 Å². The van der Waals surface area contributed by atoms with Gasteiger partial charge < -0.3 is 9.80 Å². The first-order valence-electron chi connectivity index (χ1n) is 7.39. The zero-order valence-corrected chi connectivity index (χ0v) is 13.7. The molecule has 0 aliphatic carbocycles. The molecule has 19 heavy (non-hydrogen) atoms. The van der Waals surface area contributed by atoms with Crippen molar-refractivity contribution in [1.29, 1.82) is 5.26 Å². The first-order valence-corrected chi connectivity index (χ1v) is 7.39. The van der Waals surface area contributed by atoms with Crippen LogP contribution in [0.25, 0.3) is 0 Å². The van der Waals surface area contributed by atoms with E-state index in [1.165, 1.54) is 0 Å². The Morgan fingerprint density at radius 1 is 1.16 bits per heavy atom. The molecule has 0 fully saturated rings. The van der Waals surface area contributed by atoms with E-state index in [4.69, 9.17) is 0 Å². The molecule has 4 heteroatoms. The van der Waals surface area contributed by atoms with E-state index in [0.717, 1.165) is 39.0 Å². The van der Waals surface area contributed by atoms with Gasteiger partial charge in [-0.15, -0.1) is 0 Å². The zero-order chi connectivity index (χ0) is 14.9. The van der Waals surface area contributed by atoms with Crippen molar-refractivity contribution >= 4 is 0 Å². The fourth-order valence-corrected chi connectivity index (χ4v) is 2.17. The summed E-state index contributed by atoms with van der Waals surface area (Å²) in [7, 11) is 4.20. The SMILES string of the molecule is CCCN(CCN(C)C)CCC(C)(C#N)NC(C)C. The summed E-state index contributed by atoms with van der Waals surface area (Å²) in [6.45, 7) is 12.6. The van der Waals surface area contributed by atoms with Gasteiger partial charge in [0, 0.05) is 25.7 Å². The maximum Gasteiger partial charge on any atom is 0.105 e. The van der Waals surface area contributed by atoms with E-state index >= 15 is 0 Å². The lowest BCUT2D eigenvalue weighted by Gasteiger charge is -2.30. The summed E-state index contributed by atoms with van der Waals surface area (Å²) in [5, 5.41) is 12.7. The van der Waals surface area contributed by atoms with Crippen LogP contribution in [-0.4, -0.2) is 61.7 Å². The van der Waals surface area contributed by atoms with Gasteiger partial charge in [0.25, 0.3) is 0 Å². The van der Waals surface area contributed by atoms with Gasteiger partial charge in [-0.25, -0.2) is 0 Å². The van der Waals surface area contributed by atoms with Gasteiger partial charge in [0.2, 0.25) is 0 Å². The van der Waals surface area contributed by atoms with Crippen molar-refractivity contribution in [2.24, 2.45) is 0 Å². The van der Waals surface area contributed by atoms with Gasteiger partial charge in [-0.2, -0.15) is 5.26 Å². The lowest BCUT2D eigenvalue weighted by atomic mass is 9.98. The molecule has 1 atom stereocenters. The predicted octanol–water partition coefficient (Wildman–Crippen LogP) is 1.93. The fraction of sp³-hybridized carbons (Fsp3) is 0.933. The Balaban J connectivity index is 4.31. The van der Waals surface area contributed by atoms with Crippen LogP contribution in [0.5, 0.6) is 0 Å². The first kappa shape index (κ1) is 18.4. The van der Waals surface area contributed by atoms with Crippen molar-refractivity contribution < 1.29 is 0 Å². The number of nitrogens with one attached hydrogen (secondary N) is 1. The molecule has 0 bridgehead atoms. The minimum atomic E-state index is -0.418. The highest BCUT2D eigenvalue weighted by atomic mass is 15.2. The van der Waals surface area contributed by atoms with Crippen molar-refractivity contribution in [3.8, 4) is 6.07 Å². The van der Waals surface area contributed by atoms with E-state index in [0.29, 0.717) is 6.04 Å². The quantitative estimate of drug-likeness (QED) is 0.657. The Morgan fingerprint density at radius 3 is 2.21 bits per heavy atom. The second-order valence-corrected chi connectivity index (χ2v) is 6.14. The molecule has 1 N–H and O–H groups in total. The second kappa shape index (κ2) is 9.30. The molecule has 112 valence electrons. The van der Waals surface area contributed by atoms with Gasteiger partial charge in [-0.05, 0) is 54.3 Å². The molecule has 0 spiro atoms. The molecule has 4 nitrogen and oxygen atoms in total. The summed E-state index contributed by atoms with van der Waals surface area (Å²) in [5.74, 6) is 0. The fourth-order valence-electron chi connectivity index (χ4n) is 2.17. The standard InChI is InChI=1S/C15H32N4/c1-7-9-19(12-11-18(5)6)10-8-15(4,13-16)17-14(2)3/h14,17H,7-12H2,1-6H3. The molecule has 0 heterocycles. The second-order valence-electron chi connectivity index (χ2n) is 6.14. The first-order chi connectivity index (χ1) is 8.83. The third-order valence-corrected chi connectivity index (χ3v) is 3.19. The lowest BCUT2D eigenvalue weighted by Crippen LogP contribution is -2.47. The normalized spacial score (nSPS) is 14.9. The van der Waals surface area contributed by atoms with Crippen LogP contribution in [0.15, 0.2) is 0 Å². The van der Waals surface area contributed by atoms with Crippen molar-refractivity contribution in [1.82, 2.24) is 15.1 Å². The van der Waals surface area contributed by atoms with Gasteiger partial charge in [0.1, 0.15) is 5.54 Å². The van der Waals surface area contributed by atoms with Crippen LogP contribution in [-0.2, 0) is 0 Å². The third kappa shape index (κ3) is 8.99. The molecule has 0 aromatic carbocycles. The summed E-state index contributed by atoms with van der Waals surface area (Å²) in [6, 6.07) is 2.76. The molecular formula is C15H32N4. The van der Waals surface area contributed by atoms with Crippen LogP contribution in [0.1, 0.15) is 40.5 Å². The van der Waals surface area contributed by atoms with Gasteiger partial charge in [-0.3, -0.25) is 5.32 Å². The van der Waals surface area contributed by atoms with Gasteiger partial charge in [-0.1, -0.05) is 6.92 Å². The van der Waals surface area contributed by atoms with Crippen molar-refractivity contribution in [3.05, 3.63) is 0 Å². The molecular weight excluding hydrogens is 236 g/mol. The highest BCUT2D eigenvalue weighted by Crippen LogP contribution is 2.11. The molecule has 1 unspecified atom stereocenters. The zero-order valence-electron chi connectivity index (χ0n) is 13.7. The topological polar surface area (TPSA) is 42.3 Å². The Bertz CT molecular complexity index is 270. The van der Waals surface area contributed by atoms with Crippen LogP contribution in [0, 0.1) is 11.3 Å². The highest BCUT2D eigenvalue weighted by Gasteiger charge is 2.24. The van der Waals surface area contributed by atoms with Crippen LogP contribution < -0.4 is 5.32 Å². The van der Waals surface area contributed by atoms with Crippen LogP contribution in [0.3, 0.4) is 0 Å². The van der Waals surface area contributed by atoms with Crippen molar-refractivity contribution in [3.63, 3.8) is 0 Å². The van der Waals surface area contributed by atoms with Gasteiger partial charge in [0.15, 0.2) is 0 Å². The monoisotopic (exact) mass is 268 g/mol. The molecule has 0 aliphatic heterocycles. The number of hydrogen-bond acceptors (Lipinski definition) is 4. The number of likely N-dealkylation sites (N-methyl/N-ethyl adjacent to an activating group) is 1. The Labute approximate surface area is 119 Å². The Morgan fingerprint density at radius 2 is 1.79 bits per heavy atom. The lowest BCUT2D eigenvalue weighted by molar-refractivity contribution is 0.218. The molecule has 0 amide bonds. The number of hydrogen-bond donors (Lipinski definition) is 1. The van der Waals surface area contributed by atoms with E-state index in [2.05, 4.69) is 56.1 Å². The largest absolute Gasteiger partial charge is 0.308 e. The molecule has 0 saturated heterocycles. The smallest absolute Gasteiger partial charge is 0.105 e. The van der Waals surface area contributed by atoms with E-state index in [1.807, 2.05) is 6.92 Å². The molecule has 0 aromatic rings. The van der Waals surface area contributed by atoms with E-state index in [1.54, 1.807) is 0 Å². The van der Waals surface area contributed by atoms with Crippen molar-refractivity contribution in [2.45, 2.75) is 52.1 Å². The predicted molar refractivity (Wildman–Crippen MR) is 82.2 cm³/mol. The Kier molecular flexibility index (Phi) is 8.99. The Hall–Kier alpha value is -0.630. The van der Waals surface area contributed by atoms with Crippen LogP contribution in [0.4, 0.5) is 0 Å². The maximum absolute atomic E-state index is 9.36. The summed E-state index contributed by atoms with van der Waals surface area (Å²) in [4.78, 5) is 4.66. The maximum atomic E-state index is 9.36. The van der Waals surface area contributed by atoms with Gasteiger partial charge >= 0.3 is 0 Å². The van der Waals surface area contributed by atoms with E-state index < -0.39 is 5.54 Å². The van der Waals surface area contributed by atoms with Crippen molar-refractivity contribution in [2.75, 3.05) is 40.3 Å². The average Bonchev–Trinajstić information content (AvgIpc) is 2.31. The highest BCUT2D eigenvalue weighted by molar-refractivity contribution is 5.04. The molecule has 0 aliphatic rings. The average molecular weight is 268 g/mol. The van der Waals surface area contributed by atoms with E-state index in [9.17, 15) is 5.26 Å². The summed E-state index contributed by atoms with van der Waals surface area (Å²) in [6.07, 6.45) is 2.03. The summed E-state index contributed by atoms with van der Waals surface area (Å²) < 4.78 is 0. The summed E-state index contributed by atoms with van der Waals surface area (Å²) in [5.41, 5.74) is -0.418. The molecule has 0 radical (unpaired) electrons. The molecule has 0 rings (SSSR count). The van der Waals surface area contributed by atoms with Crippen LogP contribution >= 0.6 is 0 Å². The van der Waals surface area contributed by atoms with E-state index in [-0.39, 0.29) is 0 Å². The minimum absolute atomic E-state index is 0.339. The number of nitrogens with zero attached hydrogens (tertiary/aromatic N) is 3. The minimum Gasteiger partial charge on any atom is -0.308 e. The number of nitriles is 1. The molecule has 0 aromatic heterocycles. The molecule has 0 saturated carbocycles.